The smallest absolute Gasteiger partial charge is 0.244 e. The number of rotatable bonds is 7. The van der Waals surface area contributed by atoms with Crippen LogP contribution in [-0.4, -0.2) is 22.8 Å². The molecule has 0 atom stereocenters. The van der Waals surface area contributed by atoms with Crippen molar-refractivity contribution < 1.29 is 9.53 Å². The third-order valence-corrected chi connectivity index (χ3v) is 4.85. The van der Waals surface area contributed by atoms with Crippen LogP contribution >= 0.6 is 0 Å². The summed E-state index contributed by atoms with van der Waals surface area (Å²) >= 11 is 0. The second-order valence-electron chi connectivity index (χ2n) is 6.98. The SMILES string of the molecule is COc1ccc(-c2nn(-c3ccccc3)cc2/C=C/C(=O)NCc2ccccc2)cc1. The van der Waals surface area contributed by atoms with Crippen LogP contribution in [0.5, 0.6) is 5.75 Å². The van der Waals surface area contributed by atoms with Crippen molar-refractivity contribution in [3.05, 3.63) is 108 Å². The summed E-state index contributed by atoms with van der Waals surface area (Å²) in [6, 6.07) is 27.4. The number of methoxy groups -OCH3 is 1. The molecular formula is C26H23N3O2. The number of para-hydroxylation sites is 1. The Balaban J connectivity index is 1.59. The minimum absolute atomic E-state index is 0.156. The molecule has 0 aliphatic heterocycles. The Bertz CT molecular complexity index is 1160. The summed E-state index contributed by atoms with van der Waals surface area (Å²) in [6.07, 6.45) is 5.27. The molecular weight excluding hydrogens is 386 g/mol. The highest BCUT2D eigenvalue weighted by molar-refractivity contribution is 5.92. The summed E-state index contributed by atoms with van der Waals surface area (Å²) < 4.78 is 7.08. The van der Waals surface area contributed by atoms with Gasteiger partial charge in [0, 0.05) is 29.9 Å². The molecule has 4 aromatic rings. The van der Waals surface area contributed by atoms with Gasteiger partial charge in [0.25, 0.3) is 0 Å². The maximum atomic E-state index is 12.4. The molecule has 1 heterocycles. The minimum atomic E-state index is -0.156. The van der Waals surface area contributed by atoms with Crippen LogP contribution in [0.15, 0.2) is 97.2 Å². The largest absolute Gasteiger partial charge is 0.497 e. The lowest BCUT2D eigenvalue weighted by molar-refractivity contribution is -0.116. The van der Waals surface area contributed by atoms with E-state index < -0.39 is 0 Å². The maximum absolute atomic E-state index is 12.4. The van der Waals surface area contributed by atoms with Crippen LogP contribution in [0.3, 0.4) is 0 Å². The van der Waals surface area contributed by atoms with Crippen molar-refractivity contribution in [3.8, 4) is 22.7 Å². The molecule has 5 heteroatoms. The molecule has 1 N–H and O–H groups in total. The van der Waals surface area contributed by atoms with Crippen molar-refractivity contribution in [2.75, 3.05) is 7.11 Å². The Morgan fingerprint density at radius 1 is 0.968 bits per heavy atom. The summed E-state index contributed by atoms with van der Waals surface area (Å²) in [7, 11) is 1.64. The van der Waals surface area contributed by atoms with Gasteiger partial charge >= 0.3 is 0 Å². The molecule has 0 unspecified atom stereocenters. The Morgan fingerprint density at radius 2 is 1.65 bits per heavy atom. The fourth-order valence-corrected chi connectivity index (χ4v) is 3.20. The summed E-state index contributed by atoms with van der Waals surface area (Å²) in [5.41, 5.74) is 4.59. The Hall–Kier alpha value is -4.12. The van der Waals surface area contributed by atoms with Gasteiger partial charge in [0.05, 0.1) is 18.5 Å². The van der Waals surface area contributed by atoms with Gasteiger partial charge in [-0.2, -0.15) is 5.10 Å². The zero-order valence-corrected chi connectivity index (χ0v) is 17.2. The number of amides is 1. The molecule has 0 fully saturated rings. The average Bonchev–Trinajstić information content (AvgIpc) is 3.27. The molecule has 0 bridgehead atoms. The average molecular weight is 409 g/mol. The first-order valence-corrected chi connectivity index (χ1v) is 10.0. The molecule has 5 nitrogen and oxygen atoms in total. The Kier molecular flexibility index (Phi) is 6.24. The van der Waals surface area contributed by atoms with Gasteiger partial charge in [-0.05, 0) is 48.0 Å². The summed E-state index contributed by atoms with van der Waals surface area (Å²) in [4.78, 5) is 12.4. The molecule has 0 aliphatic carbocycles. The highest BCUT2D eigenvalue weighted by Gasteiger charge is 2.11. The van der Waals surface area contributed by atoms with Crippen molar-refractivity contribution >= 4 is 12.0 Å². The van der Waals surface area contributed by atoms with E-state index in [2.05, 4.69) is 5.32 Å². The van der Waals surface area contributed by atoms with Crippen molar-refractivity contribution in [2.24, 2.45) is 0 Å². The lowest BCUT2D eigenvalue weighted by Crippen LogP contribution is -2.20. The number of carbonyl (C=O) groups excluding carboxylic acids is 1. The van der Waals surface area contributed by atoms with E-state index in [1.165, 1.54) is 0 Å². The number of nitrogens with zero attached hydrogens (tertiary/aromatic N) is 2. The first-order valence-electron chi connectivity index (χ1n) is 10.0. The van der Waals surface area contributed by atoms with E-state index in [4.69, 9.17) is 9.84 Å². The summed E-state index contributed by atoms with van der Waals surface area (Å²) in [5.74, 6) is 0.626. The monoisotopic (exact) mass is 409 g/mol. The Morgan fingerprint density at radius 3 is 2.32 bits per heavy atom. The standard InChI is InChI=1S/C26H23N3O2/c1-31-24-15-12-21(13-16-24)26-22(19-29(28-26)23-10-6-3-7-11-23)14-17-25(30)27-18-20-8-4-2-5-9-20/h2-17,19H,18H2,1H3,(H,27,30)/b17-14+. The summed E-state index contributed by atoms with van der Waals surface area (Å²) in [6.45, 7) is 0.485. The minimum Gasteiger partial charge on any atom is -0.497 e. The van der Waals surface area contributed by atoms with Gasteiger partial charge in [0.15, 0.2) is 0 Å². The van der Waals surface area contributed by atoms with Crippen LogP contribution < -0.4 is 10.1 Å². The zero-order valence-electron chi connectivity index (χ0n) is 17.2. The molecule has 31 heavy (non-hydrogen) atoms. The van der Waals surface area contributed by atoms with Gasteiger partial charge in [0.2, 0.25) is 5.91 Å². The van der Waals surface area contributed by atoms with Gasteiger partial charge in [-0.15, -0.1) is 0 Å². The fraction of sp³-hybridized carbons (Fsp3) is 0.0769. The van der Waals surface area contributed by atoms with Crippen molar-refractivity contribution in [1.82, 2.24) is 15.1 Å². The van der Waals surface area contributed by atoms with Crippen molar-refractivity contribution in [2.45, 2.75) is 6.54 Å². The van der Waals surface area contributed by atoms with Crippen LogP contribution in [-0.2, 0) is 11.3 Å². The molecule has 1 aromatic heterocycles. The number of aromatic nitrogens is 2. The molecule has 0 aliphatic rings. The Labute approximate surface area is 181 Å². The first-order chi connectivity index (χ1) is 15.2. The fourth-order valence-electron chi connectivity index (χ4n) is 3.20. The van der Waals surface area contributed by atoms with E-state index in [0.29, 0.717) is 6.54 Å². The molecule has 4 rings (SSSR count). The van der Waals surface area contributed by atoms with E-state index in [1.807, 2.05) is 95.8 Å². The lowest BCUT2D eigenvalue weighted by atomic mass is 10.1. The second kappa shape index (κ2) is 9.59. The van der Waals surface area contributed by atoms with Gasteiger partial charge in [-0.25, -0.2) is 4.68 Å². The van der Waals surface area contributed by atoms with Gasteiger partial charge in [-0.1, -0.05) is 48.5 Å². The van der Waals surface area contributed by atoms with E-state index in [1.54, 1.807) is 19.3 Å². The summed E-state index contributed by atoms with van der Waals surface area (Å²) in [5, 5.41) is 7.68. The number of nitrogens with one attached hydrogen (secondary N) is 1. The molecule has 0 saturated heterocycles. The van der Waals surface area contributed by atoms with Gasteiger partial charge < -0.3 is 10.1 Å². The molecule has 1 amide bonds. The van der Waals surface area contributed by atoms with E-state index in [-0.39, 0.29) is 5.91 Å². The third kappa shape index (κ3) is 5.08. The maximum Gasteiger partial charge on any atom is 0.244 e. The number of benzene rings is 3. The predicted molar refractivity (Wildman–Crippen MR) is 123 cm³/mol. The predicted octanol–water partition coefficient (Wildman–Crippen LogP) is 4.88. The van der Waals surface area contributed by atoms with E-state index >= 15 is 0 Å². The van der Waals surface area contributed by atoms with Crippen LogP contribution in [0, 0.1) is 0 Å². The molecule has 0 saturated carbocycles. The highest BCUT2D eigenvalue weighted by Crippen LogP contribution is 2.26. The first kappa shape index (κ1) is 20.2. The van der Waals surface area contributed by atoms with Crippen LogP contribution in [0.2, 0.25) is 0 Å². The topological polar surface area (TPSA) is 56.2 Å². The third-order valence-electron chi connectivity index (χ3n) is 4.85. The van der Waals surface area contributed by atoms with Crippen LogP contribution in [0.25, 0.3) is 23.0 Å². The van der Waals surface area contributed by atoms with Crippen LogP contribution in [0.1, 0.15) is 11.1 Å². The van der Waals surface area contributed by atoms with Crippen molar-refractivity contribution in [1.29, 1.82) is 0 Å². The lowest BCUT2D eigenvalue weighted by Gasteiger charge is -2.03. The van der Waals surface area contributed by atoms with Gasteiger partial charge in [-0.3, -0.25) is 4.79 Å². The molecule has 0 radical (unpaired) electrons. The van der Waals surface area contributed by atoms with Gasteiger partial charge in [0.1, 0.15) is 5.75 Å². The highest BCUT2D eigenvalue weighted by atomic mass is 16.5. The number of hydrogen-bond donors (Lipinski definition) is 1. The van der Waals surface area contributed by atoms with E-state index in [0.717, 1.165) is 33.8 Å². The van der Waals surface area contributed by atoms with Crippen molar-refractivity contribution in [3.63, 3.8) is 0 Å². The number of carbonyl (C=O) groups is 1. The normalized spacial score (nSPS) is 10.9. The molecule has 154 valence electrons. The second-order valence-corrected chi connectivity index (χ2v) is 6.98. The van der Waals surface area contributed by atoms with Crippen LogP contribution in [0.4, 0.5) is 0 Å². The number of ether oxygens (including phenoxy) is 1. The number of hydrogen-bond acceptors (Lipinski definition) is 3. The quantitative estimate of drug-likeness (QED) is 0.443. The molecule has 0 spiro atoms. The molecule has 3 aromatic carbocycles. The zero-order chi connectivity index (χ0) is 21.5. The van der Waals surface area contributed by atoms with E-state index in [9.17, 15) is 4.79 Å².